The van der Waals surface area contributed by atoms with Gasteiger partial charge in [0.2, 0.25) is 11.8 Å². The number of fused-ring (bicyclic) bond motifs is 1. The quantitative estimate of drug-likeness (QED) is 0.639. The number of amides is 2. The topological polar surface area (TPSA) is 49.4 Å². The predicted molar refractivity (Wildman–Crippen MR) is 95.9 cm³/mol. The van der Waals surface area contributed by atoms with Crippen molar-refractivity contribution in [1.82, 2.24) is 10.2 Å². The smallest absolute Gasteiger partial charge is 0.243 e. The number of carbonyl (C=O) groups is 2. The molecule has 2 saturated heterocycles. The highest BCUT2D eigenvalue weighted by molar-refractivity contribution is 8.01. The minimum Gasteiger partial charge on any atom is -0.353 e. The molecule has 0 saturated carbocycles. The van der Waals surface area contributed by atoms with Crippen molar-refractivity contribution in [3.8, 4) is 0 Å². The molecule has 2 heterocycles. The van der Waals surface area contributed by atoms with E-state index in [0.29, 0.717) is 18.7 Å². The average Bonchev–Trinajstić information content (AvgIpc) is 3.02. The second-order valence-corrected chi connectivity index (χ2v) is 8.97. The van der Waals surface area contributed by atoms with Crippen LogP contribution in [0.2, 0.25) is 5.02 Å². The van der Waals surface area contributed by atoms with Gasteiger partial charge in [-0.1, -0.05) is 11.6 Å². The van der Waals surface area contributed by atoms with Crippen LogP contribution in [0.15, 0.2) is 29.2 Å². The van der Waals surface area contributed by atoms with Crippen LogP contribution in [0.1, 0.15) is 19.8 Å². The van der Waals surface area contributed by atoms with E-state index < -0.39 is 0 Å². The summed E-state index contributed by atoms with van der Waals surface area (Å²) in [5, 5.41) is 3.69. The molecule has 124 valence electrons. The molecule has 2 fully saturated rings. The lowest BCUT2D eigenvalue weighted by Gasteiger charge is -2.29. The molecule has 1 aromatic rings. The van der Waals surface area contributed by atoms with Gasteiger partial charge in [-0.2, -0.15) is 0 Å². The molecule has 1 N–H and O–H groups in total. The Labute approximate surface area is 149 Å². The van der Waals surface area contributed by atoms with Crippen molar-refractivity contribution < 1.29 is 9.59 Å². The van der Waals surface area contributed by atoms with E-state index in [-0.39, 0.29) is 22.7 Å². The van der Waals surface area contributed by atoms with Gasteiger partial charge in [0, 0.05) is 34.4 Å². The van der Waals surface area contributed by atoms with E-state index in [0.717, 1.165) is 22.1 Å². The Balaban J connectivity index is 1.46. The van der Waals surface area contributed by atoms with Gasteiger partial charge in [-0.05, 0) is 37.6 Å². The highest BCUT2D eigenvalue weighted by atomic mass is 35.5. The number of halogens is 1. The van der Waals surface area contributed by atoms with Crippen LogP contribution in [0.3, 0.4) is 0 Å². The number of hydrogen-bond donors (Lipinski definition) is 1. The van der Waals surface area contributed by atoms with Crippen LogP contribution in [-0.4, -0.2) is 45.7 Å². The standard InChI is InChI=1S/C16H19ClN2O2S2/c1-16-7-6-14(20)19(16)13(10-23-16)15(21)18-8-9-22-12-4-2-11(17)3-5-12/h2-5,13H,6-10H2,1H3,(H,18,21). The van der Waals surface area contributed by atoms with E-state index >= 15 is 0 Å². The molecule has 23 heavy (non-hydrogen) atoms. The van der Waals surface area contributed by atoms with Gasteiger partial charge >= 0.3 is 0 Å². The van der Waals surface area contributed by atoms with Gasteiger partial charge in [0.05, 0.1) is 4.87 Å². The summed E-state index contributed by atoms with van der Waals surface area (Å²) in [5.41, 5.74) is 0. The van der Waals surface area contributed by atoms with Crippen molar-refractivity contribution in [2.45, 2.75) is 35.6 Å². The normalized spacial score (nSPS) is 26.4. The Morgan fingerprint density at radius 1 is 1.48 bits per heavy atom. The van der Waals surface area contributed by atoms with Gasteiger partial charge in [0.25, 0.3) is 0 Å². The number of hydrogen-bond acceptors (Lipinski definition) is 4. The van der Waals surface area contributed by atoms with Gasteiger partial charge in [-0.25, -0.2) is 0 Å². The van der Waals surface area contributed by atoms with Gasteiger partial charge in [0.1, 0.15) is 6.04 Å². The third-order valence-corrected chi connectivity index (χ3v) is 7.00. The third kappa shape index (κ3) is 3.64. The zero-order chi connectivity index (χ0) is 16.4. The van der Waals surface area contributed by atoms with Gasteiger partial charge in [-0.3, -0.25) is 9.59 Å². The number of nitrogens with zero attached hydrogens (tertiary/aromatic N) is 1. The summed E-state index contributed by atoms with van der Waals surface area (Å²) in [6, 6.07) is 7.34. The fourth-order valence-corrected chi connectivity index (χ4v) is 5.33. The summed E-state index contributed by atoms with van der Waals surface area (Å²) in [6.45, 7) is 2.65. The number of benzene rings is 1. The minimum absolute atomic E-state index is 0.0341. The molecule has 2 aliphatic heterocycles. The van der Waals surface area contributed by atoms with Crippen LogP contribution in [0.5, 0.6) is 0 Å². The maximum absolute atomic E-state index is 12.4. The molecule has 1 aromatic carbocycles. The van der Waals surface area contributed by atoms with Gasteiger partial charge in [-0.15, -0.1) is 23.5 Å². The molecule has 7 heteroatoms. The number of rotatable bonds is 5. The predicted octanol–water partition coefficient (Wildman–Crippen LogP) is 3.00. The van der Waals surface area contributed by atoms with Crippen LogP contribution >= 0.6 is 35.1 Å². The zero-order valence-electron chi connectivity index (χ0n) is 12.9. The van der Waals surface area contributed by atoms with E-state index in [9.17, 15) is 9.59 Å². The summed E-state index contributed by atoms with van der Waals surface area (Å²) < 4.78 is 0. The summed E-state index contributed by atoms with van der Waals surface area (Å²) in [4.78, 5) is 27.2. The lowest BCUT2D eigenvalue weighted by molar-refractivity contribution is -0.137. The van der Waals surface area contributed by atoms with Crippen molar-refractivity contribution in [3.63, 3.8) is 0 Å². The summed E-state index contributed by atoms with van der Waals surface area (Å²) in [6.07, 6.45) is 1.40. The average molecular weight is 371 g/mol. The second-order valence-electron chi connectivity index (χ2n) is 5.86. The summed E-state index contributed by atoms with van der Waals surface area (Å²) in [5.74, 6) is 1.55. The van der Waals surface area contributed by atoms with Crippen LogP contribution in [0.4, 0.5) is 0 Å². The second kappa shape index (κ2) is 6.95. The molecule has 4 nitrogen and oxygen atoms in total. The van der Waals surface area contributed by atoms with Crippen molar-refractivity contribution in [1.29, 1.82) is 0 Å². The number of thioether (sulfide) groups is 2. The van der Waals surface area contributed by atoms with Crippen molar-refractivity contribution >= 4 is 46.9 Å². The highest BCUT2D eigenvalue weighted by Gasteiger charge is 2.52. The largest absolute Gasteiger partial charge is 0.353 e. The van der Waals surface area contributed by atoms with Crippen LogP contribution in [0, 0.1) is 0 Å². The molecular weight excluding hydrogens is 352 g/mol. The van der Waals surface area contributed by atoms with Crippen molar-refractivity contribution in [2.24, 2.45) is 0 Å². The Bertz CT molecular complexity index is 611. The van der Waals surface area contributed by atoms with Gasteiger partial charge < -0.3 is 10.2 Å². The maximum atomic E-state index is 12.4. The molecule has 0 aromatic heterocycles. The van der Waals surface area contributed by atoms with Crippen LogP contribution < -0.4 is 5.32 Å². The Morgan fingerprint density at radius 3 is 2.96 bits per heavy atom. The molecule has 0 aliphatic carbocycles. The van der Waals surface area contributed by atoms with E-state index in [1.165, 1.54) is 0 Å². The van der Waals surface area contributed by atoms with E-state index in [1.54, 1.807) is 28.4 Å². The highest BCUT2D eigenvalue weighted by Crippen LogP contribution is 2.47. The first-order valence-electron chi connectivity index (χ1n) is 7.62. The zero-order valence-corrected chi connectivity index (χ0v) is 15.3. The summed E-state index contributed by atoms with van der Waals surface area (Å²) >= 11 is 9.25. The van der Waals surface area contributed by atoms with Crippen molar-refractivity contribution in [2.75, 3.05) is 18.1 Å². The van der Waals surface area contributed by atoms with Crippen molar-refractivity contribution in [3.05, 3.63) is 29.3 Å². The first-order chi connectivity index (χ1) is 11.0. The first-order valence-corrected chi connectivity index (χ1v) is 9.97. The fraction of sp³-hybridized carbons (Fsp3) is 0.500. The maximum Gasteiger partial charge on any atom is 0.243 e. The number of carbonyl (C=O) groups excluding carboxylic acids is 2. The molecule has 2 amide bonds. The fourth-order valence-electron chi connectivity index (χ4n) is 3.01. The summed E-state index contributed by atoms with van der Waals surface area (Å²) in [7, 11) is 0. The monoisotopic (exact) mass is 370 g/mol. The molecule has 2 aliphatic rings. The number of nitrogens with one attached hydrogen (secondary N) is 1. The Kier molecular flexibility index (Phi) is 5.13. The SMILES string of the molecule is CC12CCC(=O)N1C(C(=O)NCCSc1ccc(Cl)cc1)CS2. The minimum atomic E-state index is -0.319. The molecular formula is C16H19ClN2O2S2. The third-order valence-electron chi connectivity index (χ3n) is 4.23. The van der Waals surface area contributed by atoms with E-state index in [2.05, 4.69) is 12.2 Å². The lowest BCUT2D eigenvalue weighted by atomic mass is 10.2. The van der Waals surface area contributed by atoms with Gasteiger partial charge in [0.15, 0.2) is 0 Å². The molecule has 0 radical (unpaired) electrons. The molecule has 0 spiro atoms. The van der Waals surface area contributed by atoms with E-state index in [1.807, 2.05) is 24.3 Å². The van der Waals surface area contributed by atoms with E-state index in [4.69, 9.17) is 11.6 Å². The lowest BCUT2D eigenvalue weighted by Crippen LogP contribution is -2.50. The molecule has 2 unspecified atom stereocenters. The Morgan fingerprint density at radius 2 is 2.22 bits per heavy atom. The molecule has 2 atom stereocenters. The first kappa shape index (κ1) is 17.0. The van der Waals surface area contributed by atoms with Crippen LogP contribution in [-0.2, 0) is 9.59 Å². The van der Waals surface area contributed by atoms with Crippen LogP contribution in [0.25, 0.3) is 0 Å². The Hall–Kier alpha value is -0.850. The molecule has 0 bridgehead atoms. The molecule has 3 rings (SSSR count).